The third kappa shape index (κ3) is 20.2. The van der Waals surface area contributed by atoms with E-state index in [0.717, 1.165) is 48.7 Å². The number of nitriles is 1. The fourth-order valence-electron chi connectivity index (χ4n) is 5.74. The Morgan fingerprint density at radius 3 is 1.84 bits per heavy atom. The number of aldehydes is 1. The van der Waals surface area contributed by atoms with Gasteiger partial charge in [-0.3, -0.25) is 5.32 Å². The van der Waals surface area contributed by atoms with Crippen LogP contribution in [0.5, 0.6) is 0 Å². The van der Waals surface area contributed by atoms with E-state index in [9.17, 15) is 19.2 Å². The van der Waals surface area contributed by atoms with Crippen molar-refractivity contribution in [1.82, 2.24) is 20.4 Å². The topological polar surface area (TPSA) is 184 Å². The van der Waals surface area contributed by atoms with Crippen LogP contribution in [0.4, 0.5) is 20.1 Å². The Balaban J connectivity index is 0.000000335. The molecule has 15 nitrogen and oxygen atoms in total. The number of carbonyl (C=O) groups is 4. The Labute approximate surface area is 362 Å². The molecule has 0 unspecified atom stereocenters. The number of aliphatic imine (C=N–C) groups is 1. The van der Waals surface area contributed by atoms with E-state index >= 15 is 0 Å². The van der Waals surface area contributed by atoms with E-state index in [0.29, 0.717) is 24.4 Å². The minimum atomic E-state index is -0.770. The van der Waals surface area contributed by atoms with Gasteiger partial charge in [0.05, 0.1) is 0 Å². The van der Waals surface area contributed by atoms with Gasteiger partial charge in [0.1, 0.15) is 17.5 Å². The molecule has 0 fully saturated rings. The molecule has 3 N–H and O–H groups in total. The van der Waals surface area contributed by atoms with Crippen molar-refractivity contribution in [3.63, 3.8) is 0 Å². The van der Waals surface area contributed by atoms with Crippen molar-refractivity contribution < 1.29 is 38.0 Å². The van der Waals surface area contributed by atoms with Crippen molar-refractivity contribution in [2.75, 3.05) is 45.6 Å². The van der Waals surface area contributed by atoms with Crippen molar-refractivity contribution in [2.24, 2.45) is 4.99 Å². The summed E-state index contributed by atoms with van der Waals surface area (Å²) in [4.78, 5) is 52.9. The number of nitrogens with zero attached hydrogens (tertiary/aromatic N) is 4. The van der Waals surface area contributed by atoms with Crippen LogP contribution in [0, 0.1) is 25.4 Å². The van der Waals surface area contributed by atoms with Crippen molar-refractivity contribution in [2.45, 2.75) is 106 Å². The van der Waals surface area contributed by atoms with Crippen molar-refractivity contribution in [1.29, 1.82) is 5.26 Å². The predicted octanol–water partition coefficient (Wildman–Crippen LogP) is 7.86. The van der Waals surface area contributed by atoms with E-state index in [-0.39, 0.29) is 0 Å². The second-order valence-corrected chi connectivity index (χ2v) is 17.4. The van der Waals surface area contributed by atoms with Gasteiger partial charge in [0, 0.05) is 25.8 Å². The molecule has 0 atom stereocenters. The standard InChI is InChI=1S/C20H24BN3O4.C14H20N2.C11H20N2O4/c1-14-11-16(5-6-17(14)12-25)15-7-9-24(10-8-15)18(21-27-13-22)23-19(26)28-20(2,3)4;1-11-10-13(4-5-14(11)15-2)12-6-8-16(3)9-7-12;1-10(2,3)16-8(14)12-7-13-9(15)17-11(4,5)6/h5-7,11-12H,8-10H2,1-4H3,(H,23,26);4-6,10,15H,7-9H2,1-3H3;7H,1-6H3,(H,12,13,14,15). The second kappa shape index (κ2) is 23.7. The normalized spacial score (nSPS) is 14.5. The molecule has 0 spiro atoms. The third-order valence-electron chi connectivity index (χ3n) is 8.59. The number of rotatable bonds is 8. The number of hydrogen-bond donors (Lipinski definition) is 3. The van der Waals surface area contributed by atoms with Gasteiger partial charge in [-0.1, -0.05) is 12.1 Å². The molecular formula is C45H64BN7O8. The van der Waals surface area contributed by atoms with E-state index in [1.807, 2.05) is 37.1 Å². The predicted molar refractivity (Wildman–Crippen MR) is 242 cm³/mol. The van der Waals surface area contributed by atoms with Gasteiger partial charge in [-0.25, -0.2) is 9.59 Å². The molecule has 2 aromatic carbocycles. The van der Waals surface area contributed by atoms with E-state index < -0.39 is 35.1 Å². The molecular weight excluding hydrogens is 777 g/mol. The van der Waals surface area contributed by atoms with Crippen LogP contribution >= 0.6 is 0 Å². The zero-order valence-electron chi connectivity index (χ0n) is 38.1. The number of anilines is 1. The van der Waals surface area contributed by atoms with Crippen LogP contribution in [-0.2, 0) is 18.9 Å². The molecule has 61 heavy (non-hydrogen) atoms. The molecule has 0 saturated heterocycles. The summed E-state index contributed by atoms with van der Waals surface area (Å²) in [6, 6.07) is 12.4. The van der Waals surface area contributed by atoms with Gasteiger partial charge in [0.2, 0.25) is 0 Å². The van der Waals surface area contributed by atoms with Crippen LogP contribution in [0.15, 0.2) is 53.5 Å². The molecule has 2 aliphatic rings. The van der Waals surface area contributed by atoms with Crippen LogP contribution < -0.4 is 16.0 Å². The number of nitrogens with one attached hydrogen (secondary N) is 3. The maximum atomic E-state index is 12.1. The summed E-state index contributed by atoms with van der Waals surface area (Å²) in [7, 11) is 5.34. The molecule has 0 bridgehead atoms. The quantitative estimate of drug-likeness (QED) is 0.0585. The zero-order valence-corrected chi connectivity index (χ0v) is 38.1. The molecule has 330 valence electrons. The Morgan fingerprint density at radius 1 is 0.803 bits per heavy atom. The first-order chi connectivity index (χ1) is 28.4. The number of alkyl carbamates (subject to hydrolysis) is 2. The number of hydrogen-bond acceptors (Lipinski definition) is 12. The molecule has 2 heterocycles. The minimum absolute atomic E-state index is 0.360. The summed E-state index contributed by atoms with van der Waals surface area (Å²) < 4.78 is 19.8. The first-order valence-electron chi connectivity index (χ1n) is 20.1. The molecule has 0 saturated carbocycles. The van der Waals surface area contributed by atoms with Gasteiger partial charge in [0.15, 0.2) is 0 Å². The van der Waals surface area contributed by atoms with Crippen LogP contribution in [0.2, 0.25) is 0 Å². The van der Waals surface area contributed by atoms with Gasteiger partial charge in [-0.15, -0.1) is 0 Å². The average Bonchev–Trinajstić information content (AvgIpc) is 3.15. The average molecular weight is 842 g/mol. The zero-order chi connectivity index (χ0) is 46.0. The monoisotopic (exact) mass is 841 g/mol. The van der Waals surface area contributed by atoms with Crippen LogP contribution in [-0.4, -0.2) is 111 Å². The van der Waals surface area contributed by atoms with Gasteiger partial charge >= 0.3 is 177 Å². The van der Waals surface area contributed by atoms with Gasteiger partial charge in [0.25, 0.3) is 0 Å². The Morgan fingerprint density at radius 2 is 1.36 bits per heavy atom. The van der Waals surface area contributed by atoms with E-state index in [2.05, 4.69) is 70.2 Å². The SMILES string of the molecule is CC(C)(C)OC(=O)/N=C/NC(=O)OC(C)(C)C.CNc1ccc(C2=CCN(C)CC2)cc1C.Cc1cc(C2=CCN(C(=BOC#N)NC(=O)OC(C)(C)C)CC2)ccc1C=O. The Hall–Kier alpha value is -5.95. The molecule has 0 radical (unpaired) electrons. The van der Waals surface area contributed by atoms with Crippen molar-refractivity contribution in [3.05, 3.63) is 76.4 Å². The number of carbonyl (C=O) groups excluding carboxylic acids is 4. The summed E-state index contributed by atoms with van der Waals surface area (Å²) in [6.07, 6.45) is 7.60. The summed E-state index contributed by atoms with van der Waals surface area (Å²) in [6.45, 7) is 23.1. The number of ether oxygens (including phenoxy) is 3. The molecule has 4 rings (SSSR count). The molecule has 2 aromatic rings. The molecule has 0 aromatic heterocycles. The fourth-order valence-corrected chi connectivity index (χ4v) is 5.74. The van der Waals surface area contributed by atoms with Gasteiger partial charge in [-0.05, 0) is 90.8 Å². The second-order valence-electron chi connectivity index (χ2n) is 17.4. The van der Waals surface area contributed by atoms with Crippen molar-refractivity contribution in [3.8, 4) is 6.26 Å². The number of likely N-dealkylation sites (N-methyl/N-ethyl adjacent to an activating group) is 1. The summed E-state index contributed by atoms with van der Waals surface area (Å²) >= 11 is 0. The molecule has 0 aliphatic carbocycles. The van der Waals surface area contributed by atoms with Crippen LogP contribution in [0.3, 0.4) is 0 Å². The van der Waals surface area contributed by atoms with Gasteiger partial charge < -0.3 is 19.7 Å². The molecule has 16 heteroatoms. The van der Waals surface area contributed by atoms with E-state index in [4.69, 9.17) is 24.1 Å². The summed E-state index contributed by atoms with van der Waals surface area (Å²) in [5.41, 5.74) is 7.78. The van der Waals surface area contributed by atoms with Crippen LogP contribution in [0.25, 0.3) is 11.1 Å². The Kier molecular flexibility index (Phi) is 19.9. The molecule has 3 amide bonds. The number of amides is 3. The Bertz CT molecular complexity index is 2000. The van der Waals surface area contributed by atoms with Gasteiger partial charge in [-0.2, -0.15) is 4.99 Å². The maximum absolute atomic E-state index is 12.1. The number of benzene rings is 2. The summed E-state index contributed by atoms with van der Waals surface area (Å²) in [5, 5.41) is 16.7. The third-order valence-corrected chi connectivity index (χ3v) is 8.59. The van der Waals surface area contributed by atoms with Crippen LogP contribution in [0.1, 0.15) is 108 Å². The first kappa shape index (κ1) is 51.2. The van der Waals surface area contributed by atoms with E-state index in [1.165, 1.54) is 36.1 Å². The van der Waals surface area contributed by atoms with E-state index in [1.54, 1.807) is 68.6 Å². The molecule has 2 aliphatic heterocycles. The number of aryl methyl sites for hydroxylation is 2. The first-order valence-corrected chi connectivity index (χ1v) is 20.1. The summed E-state index contributed by atoms with van der Waals surface area (Å²) in [5.74, 6) is 0. The van der Waals surface area contributed by atoms with Crippen molar-refractivity contribution >= 4 is 60.6 Å². The fraction of sp³-hybridized carbons (Fsp3) is 0.489.